The van der Waals surface area contributed by atoms with Gasteiger partial charge in [0.1, 0.15) is 5.01 Å². The molecule has 6 heteroatoms. The molecule has 2 unspecified atom stereocenters. The van der Waals surface area contributed by atoms with E-state index in [1.165, 1.54) is 5.01 Å². The van der Waals surface area contributed by atoms with Crippen molar-refractivity contribution in [1.82, 2.24) is 10.0 Å². The highest BCUT2D eigenvalue weighted by Crippen LogP contribution is 2.30. The Morgan fingerprint density at radius 1 is 1.16 bits per heavy atom. The van der Waals surface area contributed by atoms with Crippen LogP contribution in [0.3, 0.4) is 0 Å². The van der Waals surface area contributed by atoms with Gasteiger partial charge in [0.05, 0.1) is 24.6 Å². The van der Waals surface area contributed by atoms with Gasteiger partial charge in [-0.15, -0.1) is 0 Å². The summed E-state index contributed by atoms with van der Waals surface area (Å²) in [6, 6.07) is 11.7. The summed E-state index contributed by atoms with van der Waals surface area (Å²) >= 11 is 3.47. The van der Waals surface area contributed by atoms with Crippen LogP contribution in [0.15, 0.2) is 36.4 Å². The number of ether oxygens (including phenoxy) is 1. The topological polar surface area (TPSA) is 49.9 Å². The van der Waals surface area contributed by atoms with Crippen LogP contribution in [0, 0.1) is 0 Å². The first-order chi connectivity index (χ1) is 12.1. The molecule has 0 aromatic heterocycles. The Bertz CT molecular complexity index is 854. The van der Waals surface area contributed by atoms with Crippen LogP contribution >= 0.6 is 15.9 Å². The third-order valence-electron chi connectivity index (χ3n) is 4.85. The zero-order chi connectivity index (χ0) is 17.6. The number of nitrogens with zero attached hydrogens (tertiary/aromatic N) is 2. The molecule has 2 atom stereocenters. The summed E-state index contributed by atoms with van der Waals surface area (Å²) in [4.78, 5) is 26.0. The highest BCUT2D eigenvalue weighted by Gasteiger charge is 2.39. The van der Waals surface area contributed by atoms with Gasteiger partial charge in [-0.05, 0) is 22.8 Å². The van der Waals surface area contributed by atoms with E-state index in [1.54, 1.807) is 0 Å². The third kappa shape index (κ3) is 2.88. The number of hydrogen-bond donors (Lipinski definition) is 0. The Balaban J connectivity index is 1.76. The van der Waals surface area contributed by atoms with Gasteiger partial charge < -0.3 is 4.74 Å². The van der Waals surface area contributed by atoms with E-state index in [2.05, 4.69) is 15.9 Å². The van der Waals surface area contributed by atoms with Gasteiger partial charge in [0.15, 0.2) is 0 Å². The summed E-state index contributed by atoms with van der Waals surface area (Å²) in [6.07, 6.45) is 1.06. The maximum absolute atomic E-state index is 13.2. The van der Waals surface area contributed by atoms with Crippen molar-refractivity contribution in [3.63, 3.8) is 0 Å². The number of halogens is 1. The fraction of sp³-hybridized carbons (Fsp3) is 0.368. The van der Waals surface area contributed by atoms with Crippen molar-refractivity contribution in [2.45, 2.75) is 30.9 Å². The summed E-state index contributed by atoms with van der Waals surface area (Å²) in [5, 5.41) is 4.87. The molecule has 1 saturated heterocycles. The Morgan fingerprint density at radius 2 is 1.96 bits per heavy atom. The number of benzene rings is 2. The molecular weight excluding hydrogens is 384 g/mol. The van der Waals surface area contributed by atoms with E-state index in [0.29, 0.717) is 18.7 Å². The van der Waals surface area contributed by atoms with Crippen molar-refractivity contribution < 1.29 is 14.3 Å². The van der Waals surface area contributed by atoms with E-state index in [4.69, 9.17) is 4.74 Å². The quantitative estimate of drug-likeness (QED) is 0.571. The summed E-state index contributed by atoms with van der Waals surface area (Å²) in [5.74, 6) is -0.413. The van der Waals surface area contributed by atoms with E-state index < -0.39 is 0 Å². The van der Waals surface area contributed by atoms with Crippen molar-refractivity contribution >= 4 is 38.5 Å². The van der Waals surface area contributed by atoms with Gasteiger partial charge in [-0.2, -0.15) is 0 Å². The first kappa shape index (κ1) is 16.7. The molecule has 2 aromatic carbocycles. The molecule has 2 amide bonds. The van der Waals surface area contributed by atoms with E-state index in [-0.39, 0.29) is 29.4 Å². The van der Waals surface area contributed by atoms with Gasteiger partial charge in [-0.3, -0.25) is 9.59 Å². The predicted octanol–water partition coefficient (Wildman–Crippen LogP) is 3.11. The maximum Gasteiger partial charge on any atom is 0.276 e. The number of hydrogen-bond acceptors (Lipinski definition) is 4. The molecule has 5 nitrogen and oxygen atoms in total. The van der Waals surface area contributed by atoms with Gasteiger partial charge in [-0.25, -0.2) is 10.0 Å². The summed E-state index contributed by atoms with van der Waals surface area (Å²) < 4.78 is 5.79. The minimum Gasteiger partial charge on any atom is -0.361 e. The van der Waals surface area contributed by atoms with Gasteiger partial charge in [-0.1, -0.05) is 59.3 Å². The van der Waals surface area contributed by atoms with Crippen LogP contribution in [0.4, 0.5) is 0 Å². The van der Waals surface area contributed by atoms with Crippen molar-refractivity contribution in [1.29, 1.82) is 0 Å². The second-order valence-electron chi connectivity index (χ2n) is 6.46. The first-order valence-electron chi connectivity index (χ1n) is 8.50. The zero-order valence-corrected chi connectivity index (χ0v) is 15.5. The molecule has 0 radical (unpaired) electrons. The lowest BCUT2D eigenvalue weighted by atomic mass is 9.93. The van der Waals surface area contributed by atoms with Crippen LogP contribution in [0.5, 0.6) is 0 Å². The molecule has 25 heavy (non-hydrogen) atoms. The molecule has 2 aliphatic rings. The average Bonchev–Trinajstić information content (AvgIpc) is 2.60. The Labute approximate surface area is 154 Å². The normalized spacial score (nSPS) is 24.6. The van der Waals surface area contributed by atoms with Crippen LogP contribution in [0.2, 0.25) is 0 Å². The van der Waals surface area contributed by atoms with E-state index in [1.807, 2.05) is 48.3 Å². The Morgan fingerprint density at radius 3 is 2.76 bits per heavy atom. The van der Waals surface area contributed by atoms with Crippen LogP contribution in [0.25, 0.3) is 10.8 Å². The monoisotopic (exact) mass is 402 g/mol. The van der Waals surface area contributed by atoms with Gasteiger partial charge >= 0.3 is 0 Å². The zero-order valence-electron chi connectivity index (χ0n) is 13.9. The minimum atomic E-state index is -0.237. The number of imide groups is 1. The van der Waals surface area contributed by atoms with Gasteiger partial charge in [0, 0.05) is 6.54 Å². The molecular formula is C19H19BrN2O3. The number of hydrazine groups is 1. The van der Waals surface area contributed by atoms with E-state index in [0.717, 1.165) is 22.8 Å². The number of rotatable bonds is 2. The number of carbonyl (C=O) groups excluding carboxylic acids is 2. The number of morpholine rings is 1. The van der Waals surface area contributed by atoms with Crippen molar-refractivity contribution in [3.05, 3.63) is 47.5 Å². The lowest BCUT2D eigenvalue weighted by Crippen LogP contribution is -2.59. The molecule has 4 rings (SSSR count). The fourth-order valence-corrected chi connectivity index (χ4v) is 4.26. The van der Waals surface area contributed by atoms with E-state index in [9.17, 15) is 9.59 Å². The molecule has 0 aliphatic carbocycles. The van der Waals surface area contributed by atoms with Crippen LogP contribution in [-0.2, 0) is 16.0 Å². The first-order valence-corrected chi connectivity index (χ1v) is 9.42. The highest BCUT2D eigenvalue weighted by atomic mass is 79.9. The Kier molecular flexibility index (Phi) is 4.35. The molecule has 1 fully saturated rings. The molecule has 0 saturated carbocycles. The second kappa shape index (κ2) is 6.52. The predicted molar refractivity (Wildman–Crippen MR) is 98.3 cm³/mol. The molecule has 2 heterocycles. The number of fused-ring (bicyclic) bond motifs is 3. The fourth-order valence-electron chi connectivity index (χ4n) is 3.62. The molecule has 0 N–H and O–H groups in total. The molecule has 0 bridgehead atoms. The van der Waals surface area contributed by atoms with Crippen molar-refractivity contribution in [3.8, 4) is 0 Å². The van der Waals surface area contributed by atoms with Gasteiger partial charge in [0.25, 0.3) is 5.91 Å². The second-order valence-corrected chi connectivity index (χ2v) is 7.48. The lowest BCUT2D eigenvalue weighted by Gasteiger charge is -2.42. The number of amides is 2. The minimum absolute atomic E-state index is 0.00682. The SMILES string of the molecule is CCC1CN(N2C(=O)Cc3ccc4ccccc4c3C2=O)CC(Br)O1. The van der Waals surface area contributed by atoms with Crippen molar-refractivity contribution in [2.24, 2.45) is 0 Å². The summed E-state index contributed by atoms with van der Waals surface area (Å²) in [6.45, 7) is 3.04. The third-order valence-corrected chi connectivity index (χ3v) is 5.35. The van der Waals surface area contributed by atoms with Crippen LogP contribution in [-0.4, -0.2) is 46.0 Å². The largest absolute Gasteiger partial charge is 0.361 e. The van der Waals surface area contributed by atoms with Crippen LogP contribution in [0.1, 0.15) is 29.3 Å². The summed E-state index contributed by atoms with van der Waals surface area (Å²) in [5.41, 5.74) is 1.45. The van der Waals surface area contributed by atoms with Crippen LogP contribution < -0.4 is 0 Å². The maximum atomic E-state index is 13.2. The lowest BCUT2D eigenvalue weighted by molar-refractivity contribution is -0.156. The Hall–Kier alpha value is -1.76. The average molecular weight is 403 g/mol. The number of alkyl halides is 1. The standard InChI is InChI=1S/C19H19BrN2O3/c1-2-14-10-21(11-16(20)25-14)22-17(23)9-13-8-7-12-5-3-4-6-15(12)18(13)19(22)24/h3-8,14,16H,2,9-11H2,1H3. The summed E-state index contributed by atoms with van der Waals surface area (Å²) in [7, 11) is 0. The molecule has 0 spiro atoms. The molecule has 2 aromatic rings. The number of carbonyl (C=O) groups is 2. The van der Waals surface area contributed by atoms with E-state index >= 15 is 0 Å². The van der Waals surface area contributed by atoms with Crippen molar-refractivity contribution in [2.75, 3.05) is 13.1 Å². The van der Waals surface area contributed by atoms with Gasteiger partial charge in [0.2, 0.25) is 5.91 Å². The smallest absolute Gasteiger partial charge is 0.276 e. The molecule has 130 valence electrons. The molecule has 2 aliphatic heterocycles. The highest BCUT2D eigenvalue weighted by molar-refractivity contribution is 9.09.